The minimum atomic E-state index is 0.117. The number of hydrogen-bond donors (Lipinski definition) is 2. The third kappa shape index (κ3) is 5.10. The van der Waals surface area contributed by atoms with Crippen LogP contribution in [0, 0.1) is 0 Å². The molecule has 1 saturated heterocycles. The van der Waals surface area contributed by atoms with Crippen LogP contribution < -0.4 is 15.4 Å². The number of nitrogens with one attached hydrogen (secondary N) is 2. The summed E-state index contributed by atoms with van der Waals surface area (Å²) in [6, 6.07) is 18.3. The van der Waals surface area contributed by atoms with Crippen LogP contribution in [0.4, 0.5) is 0 Å². The predicted octanol–water partition coefficient (Wildman–Crippen LogP) is 3.02. The summed E-state index contributed by atoms with van der Waals surface area (Å²) < 4.78 is 5.73. The highest BCUT2D eigenvalue weighted by Gasteiger charge is 2.17. The van der Waals surface area contributed by atoms with Gasteiger partial charge >= 0.3 is 0 Å². The topological polar surface area (TPSA) is 50.4 Å². The molecule has 0 spiro atoms. The first kappa shape index (κ1) is 16.5. The van der Waals surface area contributed by atoms with Crippen molar-refractivity contribution >= 4 is 5.91 Å². The van der Waals surface area contributed by atoms with Gasteiger partial charge in [0.25, 0.3) is 0 Å². The predicted molar refractivity (Wildman–Crippen MR) is 94.7 cm³/mol. The molecule has 1 amide bonds. The maximum atomic E-state index is 11.9. The van der Waals surface area contributed by atoms with Gasteiger partial charge in [0.2, 0.25) is 5.91 Å². The SMILES string of the molecule is O=C(CC1CCCN1)NCc1ccc(COc2ccccc2)cc1. The Morgan fingerprint density at radius 2 is 1.83 bits per heavy atom. The van der Waals surface area contributed by atoms with Gasteiger partial charge in [-0.25, -0.2) is 0 Å². The van der Waals surface area contributed by atoms with Gasteiger partial charge in [0, 0.05) is 19.0 Å². The molecule has 4 heteroatoms. The van der Waals surface area contributed by atoms with Gasteiger partial charge in [-0.3, -0.25) is 4.79 Å². The van der Waals surface area contributed by atoms with Gasteiger partial charge in [-0.1, -0.05) is 42.5 Å². The normalized spacial score (nSPS) is 16.8. The zero-order chi connectivity index (χ0) is 16.6. The van der Waals surface area contributed by atoms with E-state index in [2.05, 4.69) is 10.6 Å². The average Bonchev–Trinajstić information content (AvgIpc) is 3.13. The maximum absolute atomic E-state index is 11.9. The van der Waals surface area contributed by atoms with Gasteiger partial charge in [-0.15, -0.1) is 0 Å². The molecule has 1 unspecified atom stereocenters. The zero-order valence-electron chi connectivity index (χ0n) is 13.8. The van der Waals surface area contributed by atoms with Crippen LogP contribution >= 0.6 is 0 Å². The number of amides is 1. The first-order valence-corrected chi connectivity index (χ1v) is 8.55. The summed E-state index contributed by atoms with van der Waals surface area (Å²) in [5.74, 6) is 0.986. The van der Waals surface area contributed by atoms with Gasteiger partial charge < -0.3 is 15.4 Å². The Labute approximate surface area is 143 Å². The third-order valence-electron chi connectivity index (χ3n) is 4.26. The molecule has 0 aromatic heterocycles. The Morgan fingerprint density at radius 1 is 1.08 bits per heavy atom. The molecule has 0 bridgehead atoms. The molecule has 2 N–H and O–H groups in total. The highest BCUT2D eigenvalue weighted by atomic mass is 16.5. The summed E-state index contributed by atoms with van der Waals surface area (Å²) >= 11 is 0. The van der Waals surface area contributed by atoms with E-state index in [9.17, 15) is 4.79 Å². The summed E-state index contributed by atoms with van der Waals surface area (Å²) in [6.07, 6.45) is 2.84. The molecule has 4 nitrogen and oxygen atoms in total. The van der Waals surface area contributed by atoms with Crippen molar-refractivity contribution in [3.05, 3.63) is 65.7 Å². The number of ether oxygens (including phenoxy) is 1. The number of carbonyl (C=O) groups excluding carboxylic acids is 1. The molecule has 2 aromatic rings. The highest BCUT2D eigenvalue weighted by Crippen LogP contribution is 2.12. The van der Waals surface area contributed by atoms with E-state index < -0.39 is 0 Å². The maximum Gasteiger partial charge on any atom is 0.221 e. The van der Waals surface area contributed by atoms with Crippen LogP contribution in [0.25, 0.3) is 0 Å². The Kier molecular flexibility index (Phi) is 5.85. The molecule has 3 rings (SSSR count). The van der Waals surface area contributed by atoms with Crippen LogP contribution in [0.5, 0.6) is 5.75 Å². The van der Waals surface area contributed by atoms with Crippen molar-refractivity contribution in [3.8, 4) is 5.75 Å². The van der Waals surface area contributed by atoms with E-state index in [1.807, 2.05) is 54.6 Å². The summed E-state index contributed by atoms with van der Waals surface area (Å²) in [5.41, 5.74) is 2.22. The lowest BCUT2D eigenvalue weighted by atomic mass is 10.1. The number of para-hydroxylation sites is 1. The molecule has 1 atom stereocenters. The second-order valence-electron chi connectivity index (χ2n) is 6.19. The van der Waals surface area contributed by atoms with Crippen molar-refractivity contribution in [2.45, 2.75) is 38.5 Å². The minimum absolute atomic E-state index is 0.117. The molecule has 1 aliphatic rings. The monoisotopic (exact) mass is 324 g/mol. The standard InChI is InChI=1S/C20H24N2O2/c23-20(13-18-5-4-12-21-18)22-14-16-8-10-17(11-9-16)15-24-19-6-2-1-3-7-19/h1-3,6-11,18,21H,4-5,12-15H2,(H,22,23). The number of benzene rings is 2. The van der Waals surface area contributed by atoms with Gasteiger partial charge in [-0.05, 0) is 42.6 Å². The van der Waals surface area contributed by atoms with Crippen molar-refractivity contribution < 1.29 is 9.53 Å². The van der Waals surface area contributed by atoms with E-state index in [0.717, 1.165) is 29.8 Å². The molecule has 1 aliphatic heterocycles. The first-order valence-electron chi connectivity index (χ1n) is 8.55. The Morgan fingerprint density at radius 3 is 2.54 bits per heavy atom. The quantitative estimate of drug-likeness (QED) is 0.823. The van der Waals surface area contributed by atoms with E-state index in [0.29, 0.717) is 25.6 Å². The number of rotatable bonds is 7. The van der Waals surface area contributed by atoms with E-state index in [1.165, 1.54) is 6.42 Å². The van der Waals surface area contributed by atoms with Gasteiger partial charge in [0.1, 0.15) is 12.4 Å². The first-order chi connectivity index (χ1) is 11.8. The van der Waals surface area contributed by atoms with E-state index >= 15 is 0 Å². The lowest BCUT2D eigenvalue weighted by Gasteiger charge is -2.11. The van der Waals surface area contributed by atoms with E-state index in [-0.39, 0.29) is 5.91 Å². The summed E-state index contributed by atoms with van der Waals surface area (Å²) in [5, 5.41) is 6.34. The Bertz CT molecular complexity index is 634. The highest BCUT2D eigenvalue weighted by molar-refractivity contribution is 5.76. The summed E-state index contributed by atoms with van der Waals surface area (Å²) in [7, 11) is 0. The van der Waals surface area contributed by atoms with Crippen molar-refractivity contribution in [2.24, 2.45) is 0 Å². The zero-order valence-corrected chi connectivity index (χ0v) is 13.8. The summed E-state index contributed by atoms with van der Waals surface area (Å²) in [4.78, 5) is 11.9. The van der Waals surface area contributed by atoms with Crippen LogP contribution in [-0.4, -0.2) is 18.5 Å². The van der Waals surface area contributed by atoms with Crippen LogP contribution in [0.15, 0.2) is 54.6 Å². The molecule has 2 aromatic carbocycles. The summed E-state index contributed by atoms with van der Waals surface area (Å²) in [6.45, 7) is 2.15. The fourth-order valence-corrected chi connectivity index (χ4v) is 2.86. The average molecular weight is 324 g/mol. The van der Waals surface area contributed by atoms with Crippen LogP contribution in [0.2, 0.25) is 0 Å². The minimum Gasteiger partial charge on any atom is -0.489 e. The molecule has 1 heterocycles. The second kappa shape index (κ2) is 8.50. The molecule has 1 fully saturated rings. The van der Waals surface area contributed by atoms with Gasteiger partial charge in [0.15, 0.2) is 0 Å². The van der Waals surface area contributed by atoms with Crippen LogP contribution in [0.1, 0.15) is 30.4 Å². The molecule has 0 radical (unpaired) electrons. The lowest BCUT2D eigenvalue weighted by Crippen LogP contribution is -2.31. The van der Waals surface area contributed by atoms with Gasteiger partial charge in [0.05, 0.1) is 0 Å². The fraction of sp³-hybridized carbons (Fsp3) is 0.350. The molecule has 0 saturated carbocycles. The van der Waals surface area contributed by atoms with Crippen molar-refractivity contribution in [1.82, 2.24) is 10.6 Å². The number of carbonyl (C=O) groups is 1. The van der Waals surface area contributed by atoms with E-state index in [4.69, 9.17) is 4.74 Å². The fourth-order valence-electron chi connectivity index (χ4n) is 2.86. The third-order valence-corrected chi connectivity index (χ3v) is 4.26. The van der Waals surface area contributed by atoms with Crippen molar-refractivity contribution in [1.29, 1.82) is 0 Å². The lowest BCUT2D eigenvalue weighted by molar-refractivity contribution is -0.121. The van der Waals surface area contributed by atoms with Crippen LogP contribution in [-0.2, 0) is 17.9 Å². The van der Waals surface area contributed by atoms with Crippen molar-refractivity contribution in [3.63, 3.8) is 0 Å². The largest absolute Gasteiger partial charge is 0.489 e. The second-order valence-corrected chi connectivity index (χ2v) is 6.19. The molecule has 126 valence electrons. The van der Waals surface area contributed by atoms with Gasteiger partial charge in [-0.2, -0.15) is 0 Å². The number of hydrogen-bond acceptors (Lipinski definition) is 3. The Balaban J connectivity index is 1.41. The molecule has 0 aliphatic carbocycles. The van der Waals surface area contributed by atoms with E-state index in [1.54, 1.807) is 0 Å². The molecular weight excluding hydrogens is 300 g/mol. The smallest absolute Gasteiger partial charge is 0.221 e. The molecular formula is C20H24N2O2. The van der Waals surface area contributed by atoms with Crippen molar-refractivity contribution in [2.75, 3.05) is 6.54 Å². The molecule has 24 heavy (non-hydrogen) atoms. The van der Waals surface area contributed by atoms with Crippen LogP contribution in [0.3, 0.4) is 0 Å². The Hall–Kier alpha value is -2.33.